The maximum atomic E-state index is 13.3. The summed E-state index contributed by atoms with van der Waals surface area (Å²) in [7, 11) is 0. The van der Waals surface area contributed by atoms with Crippen molar-refractivity contribution in [1.82, 2.24) is 30.0 Å². The molecule has 3 heterocycles. The van der Waals surface area contributed by atoms with Crippen molar-refractivity contribution in [2.75, 3.05) is 0 Å². The summed E-state index contributed by atoms with van der Waals surface area (Å²) in [6.07, 6.45) is 3.38. The summed E-state index contributed by atoms with van der Waals surface area (Å²) in [6, 6.07) is 13.5. The lowest BCUT2D eigenvalue weighted by Crippen LogP contribution is -2.37. The average molecular weight is 493 g/mol. The number of benzene rings is 1. The second-order valence-corrected chi connectivity index (χ2v) is 8.50. The normalized spacial score (nSPS) is 11.9. The molecule has 0 fully saturated rings. The van der Waals surface area contributed by atoms with E-state index in [1.54, 1.807) is 41.1 Å². The molecule has 0 aliphatic rings. The van der Waals surface area contributed by atoms with E-state index < -0.39 is 17.4 Å². The molecule has 1 atom stereocenters. The van der Waals surface area contributed by atoms with Crippen LogP contribution < -0.4 is 16.2 Å². The Morgan fingerprint density at radius 1 is 1.14 bits per heavy atom. The van der Waals surface area contributed by atoms with Gasteiger partial charge in [-0.15, -0.1) is 0 Å². The lowest BCUT2D eigenvalue weighted by atomic mass is 10.1. The summed E-state index contributed by atoms with van der Waals surface area (Å²) in [5, 5.41) is 11.2. The van der Waals surface area contributed by atoms with E-state index >= 15 is 0 Å². The fourth-order valence-electron chi connectivity index (χ4n) is 3.68. The van der Waals surface area contributed by atoms with Crippen molar-refractivity contribution in [3.8, 4) is 0 Å². The van der Waals surface area contributed by atoms with Crippen LogP contribution in [0.1, 0.15) is 41.5 Å². The molecule has 0 radical (unpaired) electrons. The molecule has 4 rings (SSSR count). The second-order valence-electron chi connectivity index (χ2n) is 8.06. The number of nitrogens with zero attached hydrogens (tertiary/aromatic N) is 4. The zero-order valence-corrected chi connectivity index (χ0v) is 20.1. The Labute approximate surface area is 206 Å². The van der Waals surface area contributed by atoms with Crippen molar-refractivity contribution in [2.24, 2.45) is 0 Å². The van der Waals surface area contributed by atoms with Gasteiger partial charge in [-0.1, -0.05) is 23.7 Å². The minimum absolute atomic E-state index is 0.0676. The molecule has 0 saturated heterocycles. The molecule has 2 amide bonds. The van der Waals surface area contributed by atoms with E-state index in [2.05, 4.69) is 20.7 Å². The Kier molecular flexibility index (Phi) is 7.26. The summed E-state index contributed by atoms with van der Waals surface area (Å²) in [4.78, 5) is 43.3. The molecule has 0 aliphatic heterocycles. The lowest BCUT2D eigenvalue weighted by Gasteiger charge is -2.15. The molecule has 35 heavy (non-hydrogen) atoms. The van der Waals surface area contributed by atoms with Crippen LogP contribution in [0.4, 0.5) is 0 Å². The Hall–Kier alpha value is -3.98. The molecule has 9 nitrogen and oxygen atoms in total. The Morgan fingerprint density at radius 3 is 2.63 bits per heavy atom. The van der Waals surface area contributed by atoms with Crippen molar-refractivity contribution in [3.05, 3.63) is 93.1 Å². The van der Waals surface area contributed by atoms with Gasteiger partial charge in [-0.3, -0.25) is 23.6 Å². The standard InChI is InChI=1S/C25H25ClN6O3/c1-3-31-12-10-21(30-31)16(2)29-22(33)15-32-23-18(5-4-11-27-23)13-20(25(32)35)24(34)28-14-17-6-8-19(26)9-7-17/h4-13,16H,3,14-15H2,1-2H3,(H,28,34)(H,29,33). The molecule has 180 valence electrons. The van der Waals surface area contributed by atoms with E-state index in [1.165, 1.54) is 16.8 Å². The molecule has 3 aromatic heterocycles. The quantitative estimate of drug-likeness (QED) is 0.392. The fourth-order valence-corrected chi connectivity index (χ4v) is 3.81. The Bertz CT molecular complexity index is 1430. The Morgan fingerprint density at radius 2 is 1.91 bits per heavy atom. The molecule has 2 N–H and O–H groups in total. The molecule has 0 spiro atoms. The van der Waals surface area contributed by atoms with Crippen LogP contribution in [-0.2, 0) is 24.4 Å². The van der Waals surface area contributed by atoms with E-state index in [-0.39, 0.29) is 24.7 Å². The number of amides is 2. The summed E-state index contributed by atoms with van der Waals surface area (Å²) >= 11 is 5.90. The zero-order valence-electron chi connectivity index (χ0n) is 19.4. The number of carbonyl (C=O) groups is 2. The van der Waals surface area contributed by atoms with Crippen LogP contribution in [-0.4, -0.2) is 31.1 Å². The molecule has 0 bridgehead atoms. The third kappa shape index (κ3) is 5.58. The maximum Gasteiger partial charge on any atom is 0.265 e. The number of rotatable bonds is 8. The Balaban J connectivity index is 1.56. The SMILES string of the molecule is CCn1ccc(C(C)NC(=O)Cn2c(=O)c(C(=O)NCc3ccc(Cl)cc3)cc3cccnc32)n1. The van der Waals surface area contributed by atoms with Gasteiger partial charge in [0.2, 0.25) is 5.91 Å². The van der Waals surface area contributed by atoms with Gasteiger partial charge in [-0.25, -0.2) is 4.98 Å². The van der Waals surface area contributed by atoms with Crippen LogP contribution >= 0.6 is 11.6 Å². The number of nitrogens with one attached hydrogen (secondary N) is 2. The summed E-state index contributed by atoms with van der Waals surface area (Å²) in [6.45, 7) is 4.45. The van der Waals surface area contributed by atoms with Crippen molar-refractivity contribution in [2.45, 2.75) is 39.5 Å². The first-order chi connectivity index (χ1) is 16.9. The van der Waals surface area contributed by atoms with Gasteiger partial charge in [0.05, 0.1) is 11.7 Å². The van der Waals surface area contributed by atoms with Crippen LogP contribution in [0.25, 0.3) is 11.0 Å². The topological polar surface area (TPSA) is 111 Å². The predicted octanol–water partition coefficient (Wildman–Crippen LogP) is 3.07. The average Bonchev–Trinajstić information content (AvgIpc) is 3.35. The number of fused-ring (bicyclic) bond motifs is 1. The van der Waals surface area contributed by atoms with Crippen LogP contribution in [0.15, 0.2) is 65.7 Å². The first kappa shape index (κ1) is 24.2. The summed E-state index contributed by atoms with van der Waals surface area (Å²) in [5.41, 5.74) is 1.21. The highest BCUT2D eigenvalue weighted by molar-refractivity contribution is 6.30. The van der Waals surface area contributed by atoms with Gasteiger partial charge in [0, 0.05) is 35.9 Å². The highest BCUT2D eigenvalue weighted by atomic mass is 35.5. The minimum Gasteiger partial charge on any atom is -0.348 e. The van der Waals surface area contributed by atoms with E-state index in [0.29, 0.717) is 21.7 Å². The monoisotopic (exact) mass is 492 g/mol. The van der Waals surface area contributed by atoms with Crippen molar-refractivity contribution >= 4 is 34.4 Å². The van der Waals surface area contributed by atoms with Gasteiger partial charge in [0.15, 0.2) is 0 Å². The number of hydrogen-bond donors (Lipinski definition) is 2. The highest BCUT2D eigenvalue weighted by Crippen LogP contribution is 2.13. The van der Waals surface area contributed by atoms with E-state index in [9.17, 15) is 14.4 Å². The van der Waals surface area contributed by atoms with Crippen LogP contribution in [0.2, 0.25) is 5.02 Å². The van der Waals surface area contributed by atoms with E-state index in [0.717, 1.165) is 12.1 Å². The van der Waals surface area contributed by atoms with Crippen molar-refractivity contribution in [1.29, 1.82) is 0 Å². The van der Waals surface area contributed by atoms with Gasteiger partial charge < -0.3 is 10.6 Å². The van der Waals surface area contributed by atoms with Gasteiger partial charge in [-0.2, -0.15) is 5.10 Å². The molecule has 0 saturated carbocycles. The number of aromatic nitrogens is 4. The van der Waals surface area contributed by atoms with Crippen LogP contribution in [0, 0.1) is 0 Å². The largest absolute Gasteiger partial charge is 0.348 e. The molecule has 0 aliphatic carbocycles. The number of carbonyl (C=O) groups excluding carboxylic acids is 2. The molecule has 10 heteroatoms. The first-order valence-electron chi connectivity index (χ1n) is 11.2. The zero-order chi connectivity index (χ0) is 24.9. The first-order valence-corrected chi connectivity index (χ1v) is 11.6. The van der Waals surface area contributed by atoms with Crippen molar-refractivity contribution in [3.63, 3.8) is 0 Å². The number of halogens is 1. The third-order valence-electron chi connectivity index (χ3n) is 5.57. The van der Waals surface area contributed by atoms with Crippen LogP contribution in [0.5, 0.6) is 0 Å². The van der Waals surface area contributed by atoms with Crippen LogP contribution in [0.3, 0.4) is 0 Å². The smallest absolute Gasteiger partial charge is 0.265 e. The molecule has 1 unspecified atom stereocenters. The number of hydrogen-bond acceptors (Lipinski definition) is 5. The molecule has 1 aromatic carbocycles. The van der Waals surface area contributed by atoms with Crippen molar-refractivity contribution < 1.29 is 9.59 Å². The van der Waals surface area contributed by atoms with E-state index in [1.807, 2.05) is 26.1 Å². The highest BCUT2D eigenvalue weighted by Gasteiger charge is 2.19. The number of pyridine rings is 2. The van der Waals surface area contributed by atoms with Gasteiger partial charge in [-0.05, 0) is 55.8 Å². The fraction of sp³-hybridized carbons (Fsp3) is 0.240. The second kappa shape index (κ2) is 10.5. The predicted molar refractivity (Wildman–Crippen MR) is 133 cm³/mol. The third-order valence-corrected chi connectivity index (χ3v) is 5.82. The summed E-state index contributed by atoms with van der Waals surface area (Å²) < 4.78 is 2.99. The van der Waals surface area contributed by atoms with Gasteiger partial charge in [0.1, 0.15) is 17.8 Å². The maximum absolute atomic E-state index is 13.3. The number of aryl methyl sites for hydroxylation is 1. The molecular weight excluding hydrogens is 468 g/mol. The van der Waals surface area contributed by atoms with E-state index in [4.69, 9.17) is 11.6 Å². The van der Waals surface area contributed by atoms with Gasteiger partial charge in [0.25, 0.3) is 11.5 Å². The molecular formula is C25H25ClN6O3. The summed E-state index contributed by atoms with van der Waals surface area (Å²) in [5.74, 6) is -0.931. The van der Waals surface area contributed by atoms with Gasteiger partial charge >= 0.3 is 0 Å². The molecule has 4 aromatic rings. The minimum atomic E-state index is -0.595. The lowest BCUT2D eigenvalue weighted by molar-refractivity contribution is -0.122.